The first kappa shape index (κ1) is 11.2. The molecule has 1 rings (SSSR count). The molecule has 14 heavy (non-hydrogen) atoms. The van der Waals surface area contributed by atoms with Gasteiger partial charge in [-0.3, -0.25) is 4.68 Å². The molecule has 0 bridgehead atoms. The van der Waals surface area contributed by atoms with Crippen molar-refractivity contribution in [1.82, 2.24) is 15.1 Å². The standard InChI is InChI=1S/C11H21N3/c1-5-10(3)14-7-6-11(13-14)8-9(2)12-4/h6-7,9-10,12H,5,8H2,1-4H3. The Morgan fingerprint density at radius 3 is 2.79 bits per heavy atom. The van der Waals surface area contributed by atoms with E-state index in [-0.39, 0.29) is 0 Å². The van der Waals surface area contributed by atoms with E-state index in [1.165, 1.54) is 5.69 Å². The highest BCUT2D eigenvalue weighted by Crippen LogP contribution is 2.09. The summed E-state index contributed by atoms with van der Waals surface area (Å²) < 4.78 is 2.05. The average molecular weight is 195 g/mol. The molecular formula is C11H21N3. The number of likely N-dealkylation sites (N-methyl/N-ethyl adjacent to an activating group) is 1. The Hall–Kier alpha value is -0.830. The Balaban J connectivity index is 2.59. The van der Waals surface area contributed by atoms with Crippen molar-refractivity contribution >= 4 is 0 Å². The summed E-state index contributed by atoms with van der Waals surface area (Å²) in [5, 5.41) is 7.76. The zero-order valence-corrected chi connectivity index (χ0v) is 9.62. The summed E-state index contributed by atoms with van der Waals surface area (Å²) in [4.78, 5) is 0. The van der Waals surface area contributed by atoms with E-state index < -0.39 is 0 Å². The second-order valence-electron chi connectivity index (χ2n) is 3.94. The highest BCUT2D eigenvalue weighted by Gasteiger charge is 2.06. The van der Waals surface area contributed by atoms with E-state index >= 15 is 0 Å². The minimum atomic E-state index is 0.496. The molecule has 0 fully saturated rings. The van der Waals surface area contributed by atoms with Crippen LogP contribution in [0, 0.1) is 0 Å². The predicted octanol–water partition coefficient (Wildman–Crippen LogP) is 2.00. The van der Waals surface area contributed by atoms with E-state index in [4.69, 9.17) is 0 Å². The number of nitrogens with zero attached hydrogens (tertiary/aromatic N) is 2. The Morgan fingerprint density at radius 2 is 2.21 bits per heavy atom. The van der Waals surface area contributed by atoms with E-state index in [1.807, 2.05) is 7.05 Å². The van der Waals surface area contributed by atoms with E-state index in [1.54, 1.807) is 0 Å². The maximum absolute atomic E-state index is 4.55. The minimum Gasteiger partial charge on any atom is -0.317 e. The molecular weight excluding hydrogens is 174 g/mol. The number of aromatic nitrogens is 2. The molecule has 0 aliphatic heterocycles. The smallest absolute Gasteiger partial charge is 0.0640 e. The lowest BCUT2D eigenvalue weighted by Gasteiger charge is -2.09. The molecule has 0 aromatic carbocycles. The third kappa shape index (κ3) is 2.84. The van der Waals surface area contributed by atoms with Crippen molar-refractivity contribution in [2.24, 2.45) is 0 Å². The van der Waals surface area contributed by atoms with Gasteiger partial charge in [0.1, 0.15) is 0 Å². The molecule has 2 atom stereocenters. The van der Waals surface area contributed by atoms with Gasteiger partial charge < -0.3 is 5.32 Å². The van der Waals surface area contributed by atoms with Crippen LogP contribution in [0.5, 0.6) is 0 Å². The van der Waals surface area contributed by atoms with Gasteiger partial charge >= 0.3 is 0 Å². The first-order valence-electron chi connectivity index (χ1n) is 5.38. The van der Waals surface area contributed by atoms with E-state index in [2.05, 4.69) is 48.1 Å². The second-order valence-corrected chi connectivity index (χ2v) is 3.94. The summed E-state index contributed by atoms with van der Waals surface area (Å²) in [5.41, 5.74) is 1.17. The SMILES string of the molecule is CCC(C)n1ccc(CC(C)NC)n1. The van der Waals surface area contributed by atoms with Crippen LogP contribution in [0.1, 0.15) is 38.9 Å². The normalized spacial score (nSPS) is 15.4. The number of hydrogen-bond acceptors (Lipinski definition) is 2. The number of nitrogens with one attached hydrogen (secondary N) is 1. The molecule has 0 aliphatic rings. The quantitative estimate of drug-likeness (QED) is 0.779. The Labute approximate surface area is 86.5 Å². The monoisotopic (exact) mass is 195 g/mol. The molecule has 3 heteroatoms. The van der Waals surface area contributed by atoms with Crippen LogP contribution < -0.4 is 5.32 Å². The van der Waals surface area contributed by atoms with Gasteiger partial charge in [-0.1, -0.05) is 6.92 Å². The lowest BCUT2D eigenvalue weighted by Crippen LogP contribution is -2.23. The van der Waals surface area contributed by atoms with Crippen molar-refractivity contribution in [3.8, 4) is 0 Å². The summed E-state index contributed by atoms with van der Waals surface area (Å²) in [6.07, 6.45) is 4.20. The third-order valence-corrected chi connectivity index (χ3v) is 2.71. The van der Waals surface area contributed by atoms with Crippen LogP contribution in [-0.2, 0) is 6.42 Å². The summed E-state index contributed by atoms with van der Waals surface area (Å²) >= 11 is 0. The Morgan fingerprint density at radius 1 is 1.50 bits per heavy atom. The van der Waals surface area contributed by atoms with Gasteiger partial charge in [0.15, 0.2) is 0 Å². The van der Waals surface area contributed by atoms with Crippen LogP contribution in [0.25, 0.3) is 0 Å². The number of hydrogen-bond donors (Lipinski definition) is 1. The van der Waals surface area contributed by atoms with Gasteiger partial charge in [0.05, 0.1) is 5.69 Å². The van der Waals surface area contributed by atoms with Crippen molar-refractivity contribution in [2.75, 3.05) is 7.05 Å². The largest absolute Gasteiger partial charge is 0.317 e. The zero-order chi connectivity index (χ0) is 10.6. The maximum atomic E-state index is 4.55. The van der Waals surface area contributed by atoms with Gasteiger partial charge in [-0.15, -0.1) is 0 Å². The fourth-order valence-corrected chi connectivity index (χ4v) is 1.33. The van der Waals surface area contributed by atoms with Crippen LogP contribution in [0.15, 0.2) is 12.3 Å². The second kappa shape index (κ2) is 5.15. The molecule has 2 unspecified atom stereocenters. The predicted molar refractivity (Wildman–Crippen MR) is 59.5 cm³/mol. The molecule has 0 amide bonds. The van der Waals surface area contributed by atoms with Crippen LogP contribution in [-0.4, -0.2) is 22.9 Å². The van der Waals surface area contributed by atoms with Crippen LogP contribution >= 0.6 is 0 Å². The average Bonchev–Trinajstić information content (AvgIpc) is 2.65. The van der Waals surface area contributed by atoms with Crippen molar-refractivity contribution in [3.05, 3.63) is 18.0 Å². The van der Waals surface area contributed by atoms with Gasteiger partial charge in [0, 0.05) is 24.7 Å². The van der Waals surface area contributed by atoms with Gasteiger partial charge in [0.25, 0.3) is 0 Å². The van der Waals surface area contributed by atoms with Gasteiger partial charge in [-0.25, -0.2) is 0 Å². The summed E-state index contributed by atoms with van der Waals surface area (Å²) in [7, 11) is 1.98. The molecule has 0 aliphatic carbocycles. The van der Waals surface area contributed by atoms with Gasteiger partial charge in [-0.05, 0) is 33.4 Å². The molecule has 0 radical (unpaired) electrons. The highest BCUT2D eigenvalue weighted by atomic mass is 15.3. The van der Waals surface area contributed by atoms with Crippen molar-refractivity contribution in [2.45, 2.75) is 45.7 Å². The molecule has 1 aromatic heterocycles. The summed E-state index contributed by atoms with van der Waals surface area (Å²) in [6.45, 7) is 6.54. The summed E-state index contributed by atoms with van der Waals surface area (Å²) in [6, 6.07) is 3.11. The third-order valence-electron chi connectivity index (χ3n) is 2.71. The molecule has 1 N–H and O–H groups in total. The van der Waals surface area contributed by atoms with Crippen LogP contribution in [0.2, 0.25) is 0 Å². The van der Waals surface area contributed by atoms with E-state index in [9.17, 15) is 0 Å². The summed E-state index contributed by atoms with van der Waals surface area (Å²) in [5.74, 6) is 0. The Bertz CT molecular complexity index is 267. The maximum Gasteiger partial charge on any atom is 0.0640 e. The van der Waals surface area contributed by atoms with Crippen molar-refractivity contribution < 1.29 is 0 Å². The molecule has 3 nitrogen and oxygen atoms in total. The van der Waals surface area contributed by atoms with Gasteiger partial charge in [0.2, 0.25) is 0 Å². The fourth-order valence-electron chi connectivity index (χ4n) is 1.33. The Kier molecular flexibility index (Phi) is 4.14. The first-order valence-corrected chi connectivity index (χ1v) is 5.38. The lowest BCUT2D eigenvalue weighted by atomic mass is 10.2. The van der Waals surface area contributed by atoms with Crippen molar-refractivity contribution in [3.63, 3.8) is 0 Å². The van der Waals surface area contributed by atoms with E-state index in [0.29, 0.717) is 12.1 Å². The molecule has 0 saturated carbocycles. The molecule has 1 aromatic rings. The molecule has 0 saturated heterocycles. The van der Waals surface area contributed by atoms with E-state index in [0.717, 1.165) is 12.8 Å². The highest BCUT2D eigenvalue weighted by molar-refractivity contribution is 5.01. The molecule has 80 valence electrons. The van der Waals surface area contributed by atoms with Crippen LogP contribution in [0.4, 0.5) is 0 Å². The lowest BCUT2D eigenvalue weighted by molar-refractivity contribution is 0.470. The van der Waals surface area contributed by atoms with Crippen LogP contribution in [0.3, 0.4) is 0 Å². The first-order chi connectivity index (χ1) is 6.67. The fraction of sp³-hybridized carbons (Fsp3) is 0.727. The van der Waals surface area contributed by atoms with Gasteiger partial charge in [-0.2, -0.15) is 5.10 Å². The number of rotatable bonds is 5. The topological polar surface area (TPSA) is 29.9 Å². The molecule has 1 heterocycles. The van der Waals surface area contributed by atoms with Crippen molar-refractivity contribution in [1.29, 1.82) is 0 Å². The zero-order valence-electron chi connectivity index (χ0n) is 9.62. The molecule has 0 spiro atoms. The minimum absolute atomic E-state index is 0.496.